The molecule has 0 aliphatic heterocycles. The van der Waals surface area contributed by atoms with Crippen LogP contribution in [0.5, 0.6) is 0 Å². The van der Waals surface area contributed by atoms with Gasteiger partial charge in [-0.25, -0.2) is 4.98 Å². The van der Waals surface area contributed by atoms with Crippen molar-refractivity contribution in [1.29, 1.82) is 0 Å². The van der Waals surface area contributed by atoms with Crippen LogP contribution in [0.15, 0.2) is 18.6 Å². The first-order valence-electron chi connectivity index (χ1n) is 6.73. The summed E-state index contributed by atoms with van der Waals surface area (Å²) >= 11 is 0. The number of aryl methyl sites for hydroxylation is 3. The van der Waals surface area contributed by atoms with Crippen molar-refractivity contribution < 1.29 is 0 Å². The Morgan fingerprint density at radius 3 is 2.74 bits per heavy atom. The summed E-state index contributed by atoms with van der Waals surface area (Å²) in [6.45, 7) is 9.40. The Kier molecular flexibility index (Phi) is 4.32. The Bertz CT molecular complexity index is 508. The zero-order valence-electron chi connectivity index (χ0n) is 12.1. The van der Waals surface area contributed by atoms with Gasteiger partial charge in [-0.15, -0.1) is 0 Å². The van der Waals surface area contributed by atoms with E-state index >= 15 is 0 Å². The van der Waals surface area contributed by atoms with Gasteiger partial charge in [-0.3, -0.25) is 4.98 Å². The Morgan fingerprint density at radius 2 is 2.11 bits per heavy atom. The van der Waals surface area contributed by atoms with E-state index in [2.05, 4.69) is 47.1 Å². The van der Waals surface area contributed by atoms with Gasteiger partial charge in [-0.05, 0) is 44.9 Å². The normalized spacial score (nSPS) is 12.6. The lowest BCUT2D eigenvalue weighted by Gasteiger charge is -2.19. The van der Waals surface area contributed by atoms with Crippen LogP contribution in [0.1, 0.15) is 41.2 Å². The molecule has 2 heterocycles. The predicted molar refractivity (Wildman–Crippen MR) is 77.2 cm³/mol. The first-order chi connectivity index (χ1) is 9.08. The first-order valence-corrected chi connectivity index (χ1v) is 6.73. The number of aromatic nitrogens is 3. The second-order valence-corrected chi connectivity index (χ2v) is 5.08. The standard InChI is InChI=1S/C15H22N4/c1-10-7-11(2)19-13(4)15(10)12(3)17-6-5-14-8-16-9-18-14/h7-9,12,17H,5-6H2,1-4H3,(H,16,18). The molecule has 0 aliphatic rings. The van der Waals surface area contributed by atoms with Gasteiger partial charge in [0.15, 0.2) is 0 Å². The molecule has 0 fully saturated rings. The Hall–Kier alpha value is -1.68. The van der Waals surface area contributed by atoms with Crippen LogP contribution < -0.4 is 5.32 Å². The van der Waals surface area contributed by atoms with E-state index in [0.29, 0.717) is 6.04 Å². The maximum atomic E-state index is 4.56. The molecule has 0 bridgehead atoms. The van der Waals surface area contributed by atoms with Crippen molar-refractivity contribution in [3.8, 4) is 0 Å². The molecular formula is C15H22N4. The fraction of sp³-hybridized carbons (Fsp3) is 0.467. The molecule has 4 nitrogen and oxygen atoms in total. The number of pyridine rings is 1. The molecule has 102 valence electrons. The molecule has 1 unspecified atom stereocenters. The van der Waals surface area contributed by atoms with Crippen LogP contribution in [0, 0.1) is 20.8 Å². The Labute approximate surface area is 114 Å². The van der Waals surface area contributed by atoms with Crippen LogP contribution >= 0.6 is 0 Å². The van der Waals surface area contributed by atoms with Gasteiger partial charge >= 0.3 is 0 Å². The minimum absolute atomic E-state index is 0.316. The summed E-state index contributed by atoms with van der Waals surface area (Å²) in [6, 6.07) is 2.46. The molecule has 1 atom stereocenters. The number of imidazole rings is 1. The maximum absolute atomic E-state index is 4.56. The van der Waals surface area contributed by atoms with E-state index in [4.69, 9.17) is 0 Å². The summed E-state index contributed by atoms with van der Waals surface area (Å²) in [5.74, 6) is 0. The van der Waals surface area contributed by atoms with Gasteiger partial charge in [0.25, 0.3) is 0 Å². The number of aromatic amines is 1. The van der Waals surface area contributed by atoms with Gasteiger partial charge in [0.1, 0.15) is 0 Å². The highest BCUT2D eigenvalue weighted by atomic mass is 14.9. The fourth-order valence-electron chi connectivity index (χ4n) is 2.64. The lowest BCUT2D eigenvalue weighted by atomic mass is 10.0. The number of hydrogen-bond donors (Lipinski definition) is 2. The summed E-state index contributed by atoms with van der Waals surface area (Å²) in [5, 5.41) is 3.55. The van der Waals surface area contributed by atoms with E-state index < -0.39 is 0 Å². The molecule has 19 heavy (non-hydrogen) atoms. The number of hydrogen-bond acceptors (Lipinski definition) is 3. The van der Waals surface area contributed by atoms with E-state index in [1.165, 1.54) is 11.1 Å². The van der Waals surface area contributed by atoms with E-state index in [1.807, 2.05) is 13.1 Å². The largest absolute Gasteiger partial charge is 0.348 e. The molecule has 0 aliphatic carbocycles. The number of rotatable bonds is 5. The average Bonchev–Trinajstić information content (AvgIpc) is 2.80. The molecule has 0 amide bonds. The van der Waals surface area contributed by atoms with Crippen molar-refractivity contribution >= 4 is 0 Å². The first kappa shape index (κ1) is 13.7. The van der Waals surface area contributed by atoms with Crippen molar-refractivity contribution in [2.45, 2.75) is 40.2 Å². The van der Waals surface area contributed by atoms with Crippen molar-refractivity contribution in [1.82, 2.24) is 20.3 Å². The average molecular weight is 258 g/mol. The predicted octanol–water partition coefficient (Wildman–Crippen LogP) is 2.62. The van der Waals surface area contributed by atoms with Gasteiger partial charge in [0, 0.05) is 42.3 Å². The molecule has 4 heteroatoms. The lowest BCUT2D eigenvalue weighted by molar-refractivity contribution is 0.567. The van der Waals surface area contributed by atoms with Crippen molar-refractivity contribution in [2.75, 3.05) is 6.54 Å². The number of nitrogens with one attached hydrogen (secondary N) is 2. The van der Waals surface area contributed by atoms with E-state index in [0.717, 1.165) is 30.0 Å². The van der Waals surface area contributed by atoms with Crippen LogP contribution in [0.4, 0.5) is 0 Å². The molecule has 2 aromatic rings. The molecular weight excluding hydrogens is 236 g/mol. The second kappa shape index (κ2) is 5.97. The minimum atomic E-state index is 0.316. The van der Waals surface area contributed by atoms with Crippen LogP contribution in [0.2, 0.25) is 0 Å². The van der Waals surface area contributed by atoms with Gasteiger partial charge in [0.05, 0.1) is 6.33 Å². The van der Waals surface area contributed by atoms with Gasteiger partial charge in [0.2, 0.25) is 0 Å². The topological polar surface area (TPSA) is 53.6 Å². The molecule has 2 N–H and O–H groups in total. The summed E-state index contributed by atoms with van der Waals surface area (Å²) in [7, 11) is 0. The van der Waals surface area contributed by atoms with Crippen LogP contribution in [-0.4, -0.2) is 21.5 Å². The summed E-state index contributed by atoms with van der Waals surface area (Å²) in [5.41, 5.74) is 6.00. The summed E-state index contributed by atoms with van der Waals surface area (Å²) in [4.78, 5) is 11.7. The molecule has 2 aromatic heterocycles. The molecule has 0 aromatic carbocycles. The SMILES string of the molecule is Cc1cc(C)c(C(C)NCCc2cnc[nH]2)c(C)n1. The summed E-state index contributed by atoms with van der Waals surface area (Å²) < 4.78 is 0. The minimum Gasteiger partial charge on any atom is -0.348 e. The van der Waals surface area contributed by atoms with Crippen molar-refractivity contribution in [2.24, 2.45) is 0 Å². The van der Waals surface area contributed by atoms with E-state index in [9.17, 15) is 0 Å². The monoisotopic (exact) mass is 258 g/mol. The molecule has 0 saturated carbocycles. The highest BCUT2D eigenvalue weighted by Gasteiger charge is 2.12. The smallest absolute Gasteiger partial charge is 0.0921 e. The van der Waals surface area contributed by atoms with Gasteiger partial charge < -0.3 is 10.3 Å². The van der Waals surface area contributed by atoms with Crippen LogP contribution in [-0.2, 0) is 6.42 Å². The van der Waals surface area contributed by atoms with E-state index in [-0.39, 0.29) is 0 Å². The number of H-pyrrole nitrogens is 1. The van der Waals surface area contributed by atoms with Crippen LogP contribution in [0.25, 0.3) is 0 Å². The third-order valence-corrected chi connectivity index (χ3v) is 3.42. The van der Waals surface area contributed by atoms with E-state index in [1.54, 1.807) is 6.33 Å². The quantitative estimate of drug-likeness (QED) is 0.867. The molecule has 2 rings (SSSR count). The van der Waals surface area contributed by atoms with Gasteiger partial charge in [-0.1, -0.05) is 0 Å². The van der Waals surface area contributed by atoms with Crippen molar-refractivity contribution in [3.63, 3.8) is 0 Å². The highest BCUT2D eigenvalue weighted by Crippen LogP contribution is 2.20. The maximum Gasteiger partial charge on any atom is 0.0921 e. The molecule has 0 spiro atoms. The van der Waals surface area contributed by atoms with Crippen LogP contribution in [0.3, 0.4) is 0 Å². The Balaban J connectivity index is 1.98. The summed E-state index contributed by atoms with van der Waals surface area (Å²) in [6.07, 6.45) is 4.55. The molecule has 0 saturated heterocycles. The highest BCUT2D eigenvalue weighted by molar-refractivity contribution is 5.33. The van der Waals surface area contributed by atoms with Crippen molar-refractivity contribution in [3.05, 3.63) is 46.8 Å². The molecule has 0 radical (unpaired) electrons. The zero-order chi connectivity index (χ0) is 13.8. The zero-order valence-corrected chi connectivity index (χ0v) is 12.1. The third-order valence-electron chi connectivity index (χ3n) is 3.42. The lowest BCUT2D eigenvalue weighted by Crippen LogP contribution is -2.23. The third kappa shape index (κ3) is 3.41. The second-order valence-electron chi connectivity index (χ2n) is 5.08. The van der Waals surface area contributed by atoms with Gasteiger partial charge in [-0.2, -0.15) is 0 Å². The number of nitrogens with zero attached hydrogens (tertiary/aromatic N) is 2. The Morgan fingerprint density at radius 1 is 1.32 bits per heavy atom. The fourth-order valence-corrected chi connectivity index (χ4v) is 2.64.